The minimum absolute atomic E-state index is 0.242. The molecular formula is C13H27ClO3Si. The third-order valence-electron chi connectivity index (χ3n) is 3.70. The lowest BCUT2D eigenvalue weighted by atomic mass is 10.1. The van der Waals surface area contributed by atoms with Crippen molar-refractivity contribution >= 4 is 20.2 Å². The quantitative estimate of drug-likeness (QED) is 0.505. The number of alkyl halides is 1. The maximum absolute atomic E-state index is 6.16. The first-order valence-corrected chi connectivity index (χ1v) is 9.74. The van der Waals surface area contributed by atoms with Crippen molar-refractivity contribution in [1.29, 1.82) is 0 Å². The zero-order chi connectivity index (χ0) is 13.5. The molecule has 0 radical (unpaired) electrons. The molecule has 0 N–H and O–H groups in total. The summed E-state index contributed by atoms with van der Waals surface area (Å²) in [6.07, 6.45) is 4.24. The molecule has 5 heteroatoms. The van der Waals surface area contributed by atoms with E-state index >= 15 is 0 Å². The second-order valence-corrected chi connectivity index (χ2v) is 8.56. The van der Waals surface area contributed by atoms with E-state index < -0.39 is 8.56 Å². The van der Waals surface area contributed by atoms with Crippen LogP contribution < -0.4 is 0 Å². The summed E-state index contributed by atoms with van der Waals surface area (Å²) in [7, 11) is -2.31. The third kappa shape index (κ3) is 3.28. The number of ether oxygens (including phenoxy) is 1. The lowest BCUT2D eigenvalue weighted by molar-refractivity contribution is -0.0421. The molecule has 0 spiro atoms. The Hall–Kier alpha value is 0.387. The average Bonchev–Trinajstić information content (AvgIpc) is 2.34. The molecule has 0 amide bonds. The molecule has 1 rings (SSSR count). The van der Waals surface area contributed by atoms with E-state index in [1.807, 2.05) is 20.8 Å². The van der Waals surface area contributed by atoms with Crippen molar-refractivity contribution in [3.8, 4) is 0 Å². The zero-order valence-electron chi connectivity index (χ0n) is 12.0. The maximum Gasteiger partial charge on any atom is 0.371 e. The van der Waals surface area contributed by atoms with E-state index in [0.717, 1.165) is 18.9 Å². The Morgan fingerprint density at radius 2 is 1.72 bits per heavy atom. The highest BCUT2D eigenvalue weighted by molar-refractivity contribution is 6.70. The summed E-state index contributed by atoms with van der Waals surface area (Å²) in [6, 6.07) is 1.03. The SMILES string of the molecule is CCOC1(CCCl)CCCC[Si]1(OCC)OCC. The number of rotatable bonds is 8. The molecule has 0 aliphatic carbocycles. The molecule has 0 aromatic heterocycles. The van der Waals surface area contributed by atoms with Crippen molar-refractivity contribution < 1.29 is 13.6 Å². The molecule has 1 aliphatic rings. The monoisotopic (exact) mass is 294 g/mol. The van der Waals surface area contributed by atoms with Crippen LogP contribution in [0.5, 0.6) is 0 Å². The van der Waals surface area contributed by atoms with Crippen molar-refractivity contribution in [3.05, 3.63) is 0 Å². The summed E-state index contributed by atoms with van der Waals surface area (Å²) < 4.78 is 18.5. The van der Waals surface area contributed by atoms with E-state index in [0.29, 0.717) is 25.7 Å². The first-order chi connectivity index (χ1) is 8.70. The van der Waals surface area contributed by atoms with Crippen LogP contribution in [0.4, 0.5) is 0 Å². The standard InChI is InChI=1S/C13H27ClO3Si/c1-4-15-13(10-11-14)9-7-8-12-18(13,16-5-2)17-6-3/h4-12H2,1-3H3. The molecule has 0 aromatic rings. The van der Waals surface area contributed by atoms with Gasteiger partial charge in [0, 0.05) is 25.7 Å². The zero-order valence-corrected chi connectivity index (χ0v) is 13.7. The Kier molecular flexibility index (Phi) is 7.17. The highest BCUT2D eigenvalue weighted by atomic mass is 35.5. The van der Waals surface area contributed by atoms with Gasteiger partial charge in [-0.3, -0.25) is 0 Å². The highest BCUT2D eigenvalue weighted by Crippen LogP contribution is 2.43. The number of hydrogen-bond acceptors (Lipinski definition) is 3. The molecular weight excluding hydrogens is 268 g/mol. The minimum Gasteiger partial charge on any atom is -0.393 e. The smallest absolute Gasteiger partial charge is 0.371 e. The third-order valence-corrected chi connectivity index (χ3v) is 8.45. The molecule has 0 aromatic carbocycles. The summed E-state index contributed by atoms with van der Waals surface area (Å²) in [5.41, 5.74) is 0. The number of halogens is 1. The summed E-state index contributed by atoms with van der Waals surface area (Å²) in [5.74, 6) is 0.606. The van der Waals surface area contributed by atoms with Crippen molar-refractivity contribution in [3.63, 3.8) is 0 Å². The molecule has 3 nitrogen and oxygen atoms in total. The first kappa shape index (κ1) is 16.4. The largest absolute Gasteiger partial charge is 0.393 e. The van der Waals surface area contributed by atoms with E-state index in [9.17, 15) is 0 Å². The van der Waals surface area contributed by atoms with Crippen LogP contribution in [0, 0.1) is 0 Å². The van der Waals surface area contributed by atoms with E-state index in [4.69, 9.17) is 25.2 Å². The molecule has 1 heterocycles. The Labute approximate surface area is 117 Å². The van der Waals surface area contributed by atoms with Crippen LogP contribution >= 0.6 is 11.6 Å². The maximum atomic E-state index is 6.16. The lowest BCUT2D eigenvalue weighted by Gasteiger charge is -2.49. The molecule has 18 heavy (non-hydrogen) atoms. The van der Waals surface area contributed by atoms with Gasteiger partial charge in [0.05, 0.1) is 0 Å². The van der Waals surface area contributed by atoms with Crippen molar-refractivity contribution in [2.75, 3.05) is 25.7 Å². The van der Waals surface area contributed by atoms with Crippen LogP contribution in [0.25, 0.3) is 0 Å². The van der Waals surface area contributed by atoms with E-state index in [1.54, 1.807) is 0 Å². The van der Waals surface area contributed by atoms with Crippen LogP contribution in [0.3, 0.4) is 0 Å². The summed E-state index contributed by atoms with van der Waals surface area (Å²) >= 11 is 6.02. The van der Waals surface area contributed by atoms with Gasteiger partial charge in [-0.2, -0.15) is 0 Å². The predicted octanol–water partition coefficient (Wildman–Crippen LogP) is 3.63. The van der Waals surface area contributed by atoms with Gasteiger partial charge in [-0.15, -0.1) is 11.6 Å². The summed E-state index contributed by atoms with van der Waals surface area (Å²) in [6.45, 7) is 8.22. The minimum atomic E-state index is -2.31. The fourth-order valence-electron chi connectivity index (χ4n) is 3.10. The predicted molar refractivity (Wildman–Crippen MR) is 77.4 cm³/mol. The molecule has 108 valence electrons. The Bertz CT molecular complexity index is 191. The molecule has 1 aliphatic heterocycles. The van der Waals surface area contributed by atoms with Gasteiger partial charge in [0.15, 0.2) is 0 Å². The topological polar surface area (TPSA) is 27.7 Å². The van der Waals surface area contributed by atoms with Crippen molar-refractivity contribution in [2.45, 2.75) is 57.7 Å². The van der Waals surface area contributed by atoms with Crippen LogP contribution in [-0.2, 0) is 13.6 Å². The molecule has 1 fully saturated rings. The Balaban J connectivity index is 3.02. The van der Waals surface area contributed by atoms with Gasteiger partial charge in [-0.25, -0.2) is 0 Å². The Morgan fingerprint density at radius 3 is 2.22 bits per heavy atom. The van der Waals surface area contributed by atoms with Crippen molar-refractivity contribution in [2.24, 2.45) is 0 Å². The fourth-order valence-corrected chi connectivity index (χ4v) is 7.99. The second-order valence-electron chi connectivity index (χ2n) is 4.69. The van der Waals surface area contributed by atoms with Gasteiger partial charge in [0.2, 0.25) is 0 Å². The van der Waals surface area contributed by atoms with Crippen LogP contribution in [0.1, 0.15) is 46.5 Å². The molecule has 0 saturated carbocycles. The van der Waals surface area contributed by atoms with Crippen LogP contribution in [0.15, 0.2) is 0 Å². The molecule has 1 atom stereocenters. The van der Waals surface area contributed by atoms with E-state index in [-0.39, 0.29) is 5.22 Å². The molecule has 1 unspecified atom stereocenters. The highest BCUT2D eigenvalue weighted by Gasteiger charge is 2.59. The van der Waals surface area contributed by atoms with Crippen LogP contribution in [0.2, 0.25) is 6.04 Å². The van der Waals surface area contributed by atoms with Gasteiger partial charge >= 0.3 is 8.56 Å². The van der Waals surface area contributed by atoms with Gasteiger partial charge in [-0.1, -0.05) is 12.8 Å². The fraction of sp³-hybridized carbons (Fsp3) is 1.00. The Morgan fingerprint density at radius 1 is 1.06 bits per heavy atom. The van der Waals surface area contributed by atoms with Gasteiger partial charge < -0.3 is 13.6 Å². The lowest BCUT2D eigenvalue weighted by Crippen LogP contribution is -2.66. The number of hydrogen-bond donors (Lipinski definition) is 0. The van der Waals surface area contributed by atoms with Crippen molar-refractivity contribution in [1.82, 2.24) is 0 Å². The molecule has 0 bridgehead atoms. The van der Waals surface area contributed by atoms with E-state index in [2.05, 4.69) is 0 Å². The summed E-state index contributed by atoms with van der Waals surface area (Å²) in [4.78, 5) is 0. The average molecular weight is 295 g/mol. The first-order valence-electron chi connectivity index (χ1n) is 7.18. The van der Waals surface area contributed by atoms with Gasteiger partial charge in [-0.05, 0) is 39.7 Å². The van der Waals surface area contributed by atoms with Crippen LogP contribution in [-0.4, -0.2) is 39.5 Å². The molecule has 1 saturated heterocycles. The normalized spacial score (nSPS) is 27.3. The van der Waals surface area contributed by atoms with Gasteiger partial charge in [0.1, 0.15) is 5.22 Å². The summed E-state index contributed by atoms with van der Waals surface area (Å²) in [5, 5.41) is -0.242. The van der Waals surface area contributed by atoms with Gasteiger partial charge in [0.25, 0.3) is 0 Å². The second kappa shape index (κ2) is 7.85. The van der Waals surface area contributed by atoms with E-state index in [1.165, 1.54) is 12.8 Å².